The summed E-state index contributed by atoms with van der Waals surface area (Å²) in [5.41, 5.74) is 0.810. The number of phenols is 2. The molecule has 0 bridgehead atoms. The Morgan fingerprint density at radius 3 is 2.64 bits per heavy atom. The molecule has 0 aliphatic heterocycles. The smallest absolute Gasteiger partial charge is 0.187 e. The topological polar surface area (TPSA) is 66.8 Å². The highest BCUT2D eigenvalue weighted by atomic mass is 79.9. The molecule has 2 N–H and O–H groups in total. The number of hydrogen-bond donors (Lipinski definition) is 2. The number of phenolic OH excluding ortho intramolecular Hbond substituents is 2. The third-order valence-corrected chi connectivity index (χ3v) is 3.92. The van der Waals surface area contributed by atoms with Crippen molar-refractivity contribution in [3.8, 4) is 17.2 Å². The minimum Gasteiger partial charge on any atom is -0.508 e. The maximum absolute atomic E-state index is 12.1. The molecule has 114 valence electrons. The van der Waals surface area contributed by atoms with Crippen LogP contribution in [0.25, 0.3) is 6.08 Å². The molecule has 0 fully saturated rings. The van der Waals surface area contributed by atoms with Crippen LogP contribution < -0.4 is 4.74 Å². The second-order valence-corrected chi connectivity index (χ2v) is 5.65. The van der Waals surface area contributed by atoms with Crippen LogP contribution in [0.1, 0.15) is 15.9 Å². The van der Waals surface area contributed by atoms with Gasteiger partial charge in [-0.2, -0.15) is 0 Å². The zero-order valence-corrected chi connectivity index (χ0v) is 13.9. The van der Waals surface area contributed by atoms with Gasteiger partial charge in [0.15, 0.2) is 5.78 Å². The van der Waals surface area contributed by atoms with Crippen molar-refractivity contribution >= 4 is 39.4 Å². The lowest BCUT2D eigenvalue weighted by Gasteiger charge is -2.05. The van der Waals surface area contributed by atoms with Gasteiger partial charge in [-0.15, -0.1) is 0 Å². The van der Waals surface area contributed by atoms with Gasteiger partial charge in [0.2, 0.25) is 0 Å². The van der Waals surface area contributed by atoms with E-state index in [1.54, 1.807) is 31.4 Å². The summed E-state index contributed by atoms with van der Waals surface area (Å²) >= 11 is 9.23. The van der Waals surface area contributed by atoms with Gasteiger partial charge in [0.25, 0.3) is 0 Å². The van der Waals surface area contributed by atoms with E-state index in [0.29, 0.717) is 5.75 Å². The zero-order chi connectivity index (χ0) is 16.3. The summed E-state index contributed by atoms with van der Waals surface area (Å²) in [6, 6.07) is 7.63. The van der Waals surface area contributed by atoms with Gasteiger partial charge >= 0.3 is 0 Å². The normalized spacial score (nSPS) is 10.9. The Morgan fingerprint density at radius 1 is 1.27 bits per heavy atom. The largest absolute Gasteiger partial charge is 0.508 e. The highest BCUT2D eigenvalue weighted by Gasteiger charge is 2.13. The number of allylic oxidation sites excluding steroid dienone is 1. The number of rotatable bonds is 4. The van der Waals surface area contributed by atoms with Crippen molar-refractivity contribution in [3.05, 3.63) is 57.0 Å². The summed E-state index contributed by atoms with van der Waals surface area (Å²) in [5, 5.41) is 18.9. The van der Waals surface area contributed by atoms with E-state index >= 15 is 0 Å². The fourth-order valence-corrected chi connectivity index (χ4v) is 2.58. The van der Waals surface area contributed by atoms with Gasteiger partial charge in [0.1, 0.15) is 17.2 Å². The van der Waals surface area contributed by atoms with Crippen molar-refractivity contribution in [3.63, 3.8) is 0 Å². The maximum atomic E-state index is 12.1. The predicted molar refractivity (Wildman–Crippen MR) is 88.8 cm³/mol. The lowest BCUT2D eigenvalue weighted by Crippen LogP contribution is -1.95. The quantitative estimate of drug-likeness (QED) is 0.606. The molecule has 4 nitrogen and oxygen atoms in total. The van der Waals surface area contributed by atoms with E-state index in [1.165, 1.54) is 12.1 Å². The molecular formula is C16H12BrClO4. The summed E-state index contributed by atoms with van der Waals surface area (Å²) in [4.78, 5) is 12.1. The third kappa shape index (κ3) is 3.61. The molecule has 0 unspecified atom stereocenters. The average Bonchev–Trinajstić information content (AvgIpc) is 2.48. The molecule has 0 atom stereocenters. The van der Waals surface area contributed by atoms with Crippen LogP contribution in [0, 0.1) is 0 Å². The highest BCUT2D eigenvalue weighted by molar-refractivity contribution is 9.10. The van der Waals surface area contributed by atoms with Crippen LogP contribution in [0.5, 0.6) is 17.2 Å². The molecule has 2 aromatic carbocycles. The van der Waals surface area contributed by atoms with Crippen LogP contribution >= 0.6 is 27.5 Å². The fourth-order valence-electron chi connectivity index (χ4n) is 1.82. The molecular weight excluding hydrogens is 372 g/mol. The highest BCUT2D eigenvalue weighted by Crippen LogP contribution is 2.32. The van der Waals surface area contributed by atoms with Gasteiger partial charge < -0.3 is 14.9 Å². The molecule has 0 aliphatic rings. The van der Waals surface area contributed by atoms with E-state index in [1.807, 2.05) is 0 Å². The molecule has 2 rings (SSSR count). The van der Waals surface area contributed by atoms with E-state index in [-0.39, 0.29) is 22.1 Å². The Balaban J connectivity index is 2.27. The van der Waals surface area contributed by atoms with Crippen LogP contribution in [-0.2, 0) is 0 Å². The van der Waals surface area contributed by atoms with Crippen LogP contribution in [0.3, 0.4) is 0 Å². The maximum Gasteiger partial charge on any atom is 0.187 e. The zero-order valence-electron chi connectivity index (χ0n) is 11.5. The van der Waals surface area contributed by atoms with Crippen LogP contribution in [-0.4, -0.2) is 23.1 Å². The second kappa shape index (κ2) is 6.85. The number of hydrogen-bond acceptors (Lipinski definition) is 4. The summed E-state index contributed by atoms with van der Waals surface area (Å²) in [6.45, 7) is 0. The van der Waals surface area contributed by atoms with Crippen molar-refractivity contribution in [1.82, 2.24) is 0 Å². The predicted octanol–water partition coefficient (Wildman–Crippen LogP) is 4.42. The minimum atomic E-state index is -0.428. The van der Waals surface area contributed by atoms with Gasteiger partial charge in [-0.1, -0.05) is 23.7 Å². The molecule has 0 saturated heterocycles. The lowest BCUT2D eigenvalue weighted by atomic mass is 10.1. The number of benzene rings is 2. The molecule has 0 amide bonds. The van der Waals surface area contributed by atoms with Crippen molar-refractivity contribution in [2.45, 2.75) is 0 Å². The Hall–Kier alpha value is -1.98. The number of ether oxygens (including phenoxy) is 1. The van der Waals surface area contributed by atoms with E-state index in [0.717, 1.165) is 16.1 Å². The van der Waals surface area contributed by atoms with Gasteiger partial charge in [-0.05, 0) is 45.8 Å². The van der Waals surface area contributed by atoms with Gasteiger partial charge in [0.05, 0.1) is 16.6 Å². The van der Waals surface area contributed by atoms with Crippen molar-refractivity contribution in [2.75, 3.05) is 7.11 Å². The molecule has 0 radical (unpaired) electrons. The monoisotopic (exact) mass is 382 g/mol. The average molecular weight is 384 g/mol. The first-order chi connectivity index (χ1) is 10.4. The Bertz CT molecular complexity index is 756. The SMILES string of the molecule is COc1ccc(/C=C/C(=O)c2cc(O)cc(O)c2Cl)cc1Br. The third-order valence-electron chi connectivity index (χ3n) is 2.91. The second-order valence-electron chi connectivity index (χ2n) is 4.42. The van der Waals surface area contributed by atoms with Gasteiger partial charge in [-0.25, -0.2) is 0 Å². The van der Waals surface area contributed by atoms with Crippen molar-refractivity contribution in [2.24, 2.45) is 0 Å². The fraction of sp³-hybridized carbons (Fsp3) is 0.0625. The molecule has 22 heavy (non-hydrogen) atoms. The number of ketones is 1. The molecule has 2 aromatic rings. The number of carbonyl (C=O) groups is 1. The van der Waals surface area contributed by atoms with E-state index < -0.39 is 5.78 Å². The summed E-state index contributed by atoms with van der Waals surface area (Å²) in [7, 11) is 1.56. The number of aromatic hydroxyl groups is 2. The Kier molecular flexibility index (Phi) is 5.11. The molecule has 0 aliphatic carbocycles. The Labute approximate surface area is 140 Å². The molecule has 6 heteroatoms. The van der Waals surface area contributed by atoms with Crippen LogP contribution in [0.4, 0.5) is 0 Å². The summed E-state index contributed by atoms with van der Waals surface area (Å²) < 4.78 is 5.89. The summed E-state index contributed by atoms with van der Waals surface area (Å²) in [6.07, 6.45) is 2.91. The van der Waals surface area contributed by atoms with Crippen LogP contribution in [0.15, 0.2) is 40.9 Å². The molecule has 0 saturated carbocycles. The van der Waals surface area contributed by atoms with Crippen molar-refractivity contribution in [1.29, 1.82) is 0 Å². The number of methoxy groups -OCH3 is 1. The standard InChI is InChI=1S/C16H12BrClO4/c1-22-15-5-3-9(6-12(15)17)2-4-13(20)11-7-10(19)8-14(21)16(11)18/h2-8,19,21H,1H3/b4-2+. The van der Waals surface area contributed by atoms with Gasteiger partial charge in [-0.3, -0.25) is 4.79 Å². The van der Waals surface area contributed by atoms with Gasteiger partial charge in [0, 0.05) is 11.6 Å². The first-order valence-corrected chi connectivity index (χ1v) is 7.37. The summed E-state index contributed by atoms with van der Waals surface area (Å²) in [5.74, 6) is -0.316. The van der Waals surface area contributed by atoms with E-state index in [9.17, 15) is 15.0 Å². The van der Waals surface area contributed by atoms with Crippen LogP contribution in [0.2, 0.25) is 5.02 Å². The Morgan fingerprint density at radius 2 is 2.00 bits per heavy atom. The molecule has 0 heterocycles. The lowest BCUT2D eigenvalue weighted by molar-refractivity contribution is 0.104. The molecule has 0 spiro atoms. The number of carbonyl (C=O) groups excluding carboxylic acids is 1. The molecule has 0 aromatic heterocycles. The van der Waals surface area contributed by atoms with E-state index in [2.05, 4.69) is 15.9 Å². The number of halogens is 2. The minimum absolute atomic E-state index is 0.0306. The first-order valence-electron chi connectivity index (χ1n) is 6.20. The first kappa shape index (κ1) is 16.4. The van der Waals surface area contributed by atoms with E-state index in [4.69, 9.17) is 16.3 Å². The van der Waals surface area contributed by atoms with Crippen molar-refractivity contribution < 1.29 is 19.7 Å².